The zero-order valence-corrected chi connectivity index (χ0v) is 12.0. The number of aliphatic hydroxyl groups excluding tert-OH is 1. The molecule has 1 aromatic heterocycles. The van der Waals surface area contributed by atoms with Gasteiger partial charge in [-0.1, -0.05) is 42.5 Å². The van der Waals surface area contributed by atoms with E-state index >= 15 is 0 Å². The summed E-state index contributed by atoms with van der Waals surface area (Å²) >= 11 is 0. The van der Waals surface area contributed by atoms with Crippen LogP contribution >= 0.6 is 0 Å². The maximum absolute atomic E-state index is 10.2. The van der Waals surface area contributed by atoms with E-state index < -0.39 is 6.10 Å². The third kappa shape index (κ3) is 3.23. The van der Waals surface area contributed by atoms with Gasteiger partial charge in [0.1, 0.15) is 0 Å². The molecule has 0 saturated carbocycles. The van der Waals surface area contributed by atoms with Crippen molar-refractivity contribution in [1.82, 2.24) is 9.97 Å². The lowest BCUT2D eigenvalue weighted by Gasteiger charge is -2.17. The van der Waals surface area contributed by atoms with Gasteiger partial charge in [-0.2, -0.15) is 0 Å². The highest BCUT2D eigenvalue weighted by atomic mass is 16.3. The van der Waals surface area contributed by atoms with Gasteiger partial charge in [-0.3, -0.25) is 0 Å². The van der Waals surface area contributed by atoms with E-state index in [0.717, 1.165) is 22.5 Å². The number of aromatic amines is 1. The van der Waals surface area contributed by atoms with Gasteiger partial charge in [0.05, 0.1) is 17.1 Å². The molecule has 4 nitrogen and oxygen atoms in total. The summed E-state index contributed by atoms with van der Waals surface area (Å²) in [6.07, 6.45) is 0.152. The van der Waals surface area contributed by atoms with Gasteiger partial charge in [0.2, 0.25) is 5.95 Å². The van der Waals surface area contributed by atoms with E-state index in [1.165, 1.54) is 0 Å². The molecular formula is C17H19N3O. The minimum atomic E-state index is -0.474. The summed E-state index contributed by atoms with van der Waals surface area (Å²) in [5, 5.41) is 13.5. The van der Waals surface area contributed by atoms with Crippen molar-refractivity contribution in [2.45, 2.75) is 25.5 Å². The number of aromatic nitrogens is 2. The molecule has 4 heteroatoms. The smallest absolute Gasteiger partial charge is 0.201 e. The van der Waals surface area contributed by atoms with E-state index in [-0.39, 0.29) is 6.04 Å². The Labute approximate surface area is 123 Å². The molecule has 3 aromatic rings. The highest BCUT2D eigenvalue weighted by molar-refractivity contribution is 5.77. The SMILES string of the molecule is CC(CC(O)c1ccccc1)Nc1nc2ccccc2[nH]1. The van der Waals surface area contributed by atoms with Crippen molar-refractivity contribution in [3.8, 4) is 0 Å². The monoisotopic (exact) mass is 281 g/mol. The number of nitrogens with zero attached hydrogens (tertiary/aromatic N) is 1. The Morgan fingerprint density at radius 3 is 2.57 bits per heavy atom. The number of imidazole rings is 1. The maximum atomic E-state index is 10.2. The van der Waals surface area contributed by atoms with Crippen LogP contribution < -0.4 is 5.32 Å². The van der Waals surface area contributed by atoms with Crippen LogP contribution in [0.5, 0.6) is 0 Å². The molecule has 0 fully saturated rings. The number of para-hydroxylation sites is 2. The molecule has 2 aromatic carbocycles. The Hall–Kier alpha value is -2.33. The van der Waals surface area contributed by atoms with E-state index in [2.05, 4.69) is 15.3 Å². The number of rotatable bonds is 5. The van der Waals surface area contributed by atoms with E-state index in [1.54, 1.807) is 0 Å². The molecule has 2 unspecified atom stereocenters. The van der Waals surface area contributed by atoms with Crippen molar-refractivity contribution in [2.24, 2.45) is 0 Å². The van der Waals surface area contributed by atoms with E-state index in [0.29, 0.717) is 6.42 Å². The average molecular weight is 281 g/mol. The second kappa shape index (κ2) is 5.97. The zero-order valence-electron chi connectivity index (χ0n) is 12.0. The van der Waals surface area contributed by atoms with Crippen molar-refractivity contribution in [3.05, 3.63) is 60.2 Å². The van der Waals surface area contributed by atoms with Crippen LogP contribution in [0, 0.1) is 0 Å². The number of benzene rings is 2. The van der Waals surface area contributed by atoms with Crippen molar-refractivity contribution < 1.29 is 5.11 Å². The number of hydrogen-bond acceptors (Lipinski definition) is 3. The molecule has 1 heterocycles. The Kier molecular flexibility index (Phi) is 3.88. The topological polar surface area (TPSA) is 60.9 Å². The zero-order chi connectivity index (χ0) is 14.7. The number of aliphatic hydroxyl groups is 1. The molecule has 21 heavy (non-hydrogen) atoms. The van der Waals surface area contributed by atoms with Crippen LogP contribution in [0.2, 0.25) is 0 Å². The minimum absolute atomic E-state index is 0.112. The number of fused-ring (bicyclic) bond motifs is 1. The lowest BCUT2D eigenvalue weighted by molar-refractivity contribution is 0.162. The van der Waals surface area contributed by atoms with E-state index in [4.69, 9.17) is 0 Å². The molecule has 0 aliphatic rings. The molecule has 0 spiro atoms. The Morgan fingerprint density at radius 1 is 1.10 bits per heavy atom. The fraction of sp³-hybridized carbons (Fsp3) is 0.235. The third-order valence-electron chi connectivity index (χ3n) is 3.53. The first-order valence-electron chi connectivity index (χ1n) is 7.16. The fourth-order valence-electron chi connectivity index (χ4n) is 2.46. The van der Waals surface area contributed by atoms with Gasteiger partial charge in [-0.15, -0.1) is 0 Å². The van der Waals surface area contributed by atoms with Crippen LogP contribution in [-0.4, -0.2) is 21.1 Å². The lowest BCUT2D eigenvalue weighted by atomic mass is 10.0. The van der Waals surface area contributed by atoms with Gasteiger partial charge >= 0.3 is 0 Å². The van der Waals surface area contributed by atoms with Gasteiger partial charge in [-0.25, -0.2) is 4.98 Å². The second-order valence-electron chi connectivity index (χ2n) is 5.31. The molecule has 0 aliphatic heterocycles. The van der Waals surface area contributed by atoms with Crippen LogP contribution in [-0.2, 0) is 0 Å². The summed E-state index contributed by atoms with van der Waals surface area (Å²) in [5.74, 6) is 0.740. The number of anilines is 1. The summed E-state index contributed by atoms with van der Waals surface area (Å²) in [6, 6.07) is 17.7. The average Bonchev–Trinajstić information content (AvgIpc) is 2.90. The molecule has 3 N–H and O–H groups in total. The van der Waals surface area contributed by atoms with Gasteiger partial charge in [-0.05, 0) is 31.0 Å². The molecule has 2 atom stereocenters. The van der Waals surface area contributed by atoms with Crippen LogP contribution in [0.15, 0.2) is 54.6 Å². The summed E-state index contributed by atoms with van der Waals surface area (Å²) in [5.41, 5.74) is 2.89. The first-order valence-corrected chi connectivity index (χ1v) is 7.16. The van der Waals surface area contributed by atoms with Crippen molar-refractivity contribution in [1.29, 1.82) is 0 Å². The highest BCUT2D eigenvalue weighted by Gasteiger charge is 2.13. The number of hydrogen-bond donors (Lipinski definition) is 3. The molecule has 0 amide bonds. The Morgan fingerprint density at radius 2 is 1.81 bits per heavy atom. The van der Waals surface area contributed by atoms with Crippen molar-refractivity contribution >= 4 is 17.0 Å². The van der Waals surface area contributed by atoms with Gasteiger partial charge in [0.25, 0.3) is 0 Å². The maximum Gasteiger partial charge on any atom is 0.201 e. The summed E-state index contributed by atoms with van der Waals surface area (Å²) in [6.45, 7) is 2.04. The molecule has 108 valence electrons. The number of H-pyrrole nitrogens is 1. The van der Waals surface area contributed by atoms with Crippen LogP contribution in [0.25, 0.3) is 11.0 Å². The Balaban J connectivity index is 1.64. The normalized spacial score (nSPS) is 14.0. The van der Waals surface area contributed by atoms with Crippen LogP contribution in [0.3, 0.4) is 0 Å². The van der Waals surface area contributed by atoms with E-state index in [1.807, 2.05) is 61.5 Å². The largest absolute Gasteiger partial charge is 0.388 e. The molecular weight excluding hydrogens is 262 g/mol. The molecule has 3 rings (SSSR count). The summed E-state index contributed by atoms with van der Waals surface area (Å²) < 4.78 is 0. The second-order valence-corrected chi connectivity index (χ2v) is 5.31. The first kappa shape index (κ1) is 13.6. The summed E-state index contributed by atoms with van der Waals surface area (Å²) in [4.78, 5) is 7.72. The molecule has 0 radical (unpaired) electrons. The predicted octanol–water partition coefficient (Wildman–Crippen LogP) is 3.49. The standard InChI is InChI=1S/C17H19N3O/c1-12(11-16(21)13-7-3-2-4-8-13)18-17-19-14-9-5-6-10-15(14)20-17/h2-10,12,16,21H,11H2,1H3,(H2,18,19,20). The summed E-state index contributed by atoms with van der Waals surface area (Å²) in [7, 11) is 0. The quantitative estimate of drug-likeness (QED) is 0.671. The van der Waals surface area contributed by atoms with Crippen molar-refractivity contribution in [3.63, 3.8) is 0 Å². The van der Waals surface area contributed by atoms with E-state index in [9.17, 15) is 5.11 Å². The van der Waals surface area contributed by atoms with Gasteiger partial charge in [0, 0.05) is 6.04 Å². The van der Waals surface area contributed by atoms with Crippen molar-refractivity contribution in [2.75, 3.05) is 5.32 Å². The first-order chi connectivity index (χ1) is 10.2. The van der Waals surface area contributed by atoms with Crippen LogP contribution in [0.1, 0.15) is 25.0 Å². The number of nitrogens with one attached hydrogen (secondary N) is 2. The van der Waals surface area contributed by atoms with Crippen LogP contribution in [0.4, 0.5) is 5.95 Å². The lowest BCUT2D eigenvalue weighted by Crippen LogP contribution is -2.19. The third-order valence-corrected chi connectivity index (χ3v) is 3.53. The highest BCUT2D eigenvalue weighted by Crippen LogP contribution is 2.20. The Bertz CT molecular complexity index is 675. The van der Waals surface area contributed by atoms with Gasteiger partial charge in [0.15, 0.2) is 0 Å². The molecule has 0 bridgehead atoms. The minimum Gasteiger partial charge on any atom is -0.388 e. The predicted molar refractivity (Wildman–Crippen MR) is 85.2 cm³/mol. The molecule has 0 saturated heterocycles. The van der Waals surface area contributed by atoms with Gasteiger partial charge < -0.3 is 15.4 Å². The fourth-order valence-corrected chi connectivity index (χ4v) is 2.46. The molecule has 0 aliphatic carbocycles.